The normalized spacial score (nSPS) is 16.3. The van der Waals surface area contributed by atoms with Crippen molar-refractivity contribution in [2.75, 3.05) is 37.6 Å². The molecule has 1 atom stereocenters. The van der Waals surface area contributed by atoms with E-state index in [4.69, 9.17) is 5.73 Å². The number of amides is 2. The van der Waals surface area contributed by atoms with Gasteiger partial charge in [-0.2, -0.15) is 0 Å². The second-order valence-corrected chi connectivity index (χ2v) is 7.73. The predicted octanol–water partition coefficient (Wildman–Crippen LogP) is 1.35. The van der Waals surface area contributed by atoms with E-state index in [1.165, 1.54) is 12.1 Å². The Morgan fingerprint density at radius 2 is 1.73 bits per heavy atom. The summed E-state index contributed by atoms with van der Waals surface area (Å²) in [6, 6.07) is 5.79. The Balaban J connectivity index is 1.73. The number of halogens is 1. The van der Waals surface area contributed by atoms with E-state index in [0.717, 1.165) is 5.69 Å². The Bertz CT molecular complexity index is 619. The Kier molecular flexibility index (Phi) is 6.58. The van der Waals surface area contributed by atoms with Gasteiger partial charge in [0, 0.05) is 44.8 Å². The van der Waals surface area contributed by atoms with Gasteiger partial charge in [-0.3, -0.25) is 9.59 Å². The van der Waals surface area contributed by atoms with Crippen molar-refractivity contribution in [3.63, 3.8) is 0 Å². The van der Waals surface area contributed by atoms with Crippen molar-refractivity contribution in [2.24, 2.45) is 11.1 Å². The zero-order valence-corrected chi connectivity index (χ0v) is 15.8. The van der Waals surface area contributed by atoms with Crippen LogP contribution in [0.3, 0.4) is 0 Å². The summed E-state index contributed by atoms with van der Waals surface area (Å²) in [4.78, 5) is 28.2. The highest BCUT2D eigenvalue weighted by Gasteiger charge is 2.27. The summed E-state index contributed by atoms with van der Waals surface area (Å²) in [5, 5.41) is 2.74. The molecular weight excluding hydrogens is 335 g/mol. The molecule has 2 amide bonds. The third kappa shape index (κ3) is 5.42. The van der Waals surface area contributed by atoms with Crippen LogP contribution >= 0.6 is 0 Å². The topological polar surface area (TPSA) is 78.7 Å². The quantitative estimate of drug-likeness (QED) is 0.827. The van der Waals surface area contributed by atoms with E-state index in [1.807, 2.05) is 20.8 Å². The van der Waals surface area contributed by atoms with Crippen molar-refractivity contribution in [3.05, 3.63) is 30.1 Å². The van der Waals surface area contributed by atoms with E-state index < -0.39 is 6.04 Å². The molecule has 144 valence electrons. The summed E-state index contributed by atoms with van der Waals surface area (Å²) in [6.45, 7) is 8.66. The van der Waals surface area contributed by atoms with Crippen LogP contribution in [0.2, 0.25) is 0 Å². The zero-order valence-electron chi connectivity index (χ0n) is 15.8. The maximum atomic E-state index is 13.0. The minimum absolute atomic E-state index is 0.0217. The summed E-state index contributed by atoms with van der Waals surface area (Å²) < 4.78 is 13.0. The van der Waals surface area contributed by atoms with E-state index in [0.29, 0.717) is 32.7 Å². The lowest BCUT2D eigenvalue weighted by molar-refractivity contribution is -0.131. The summed E-state index contributed by atoms with van der Waals surface area (Å²) in [6.07, 6.45) is 0.263. The van der Waals surface area contributed by atoms with Gasteiger partial charge in [0.15, 0.2) is 0 Å². The van der Waals surface area contributed by atoms with Crippen LogP contribution in [0, 0.1) is 11.2 Å². The van der Waals surface area contributed by atoms with Crippen LogP contribution in [0.4, 0.5) is 10.1 Å². The van der Waals surface area contributed by atoms with Gasteiger partial charge in [0.05, 0.1) is 6.04 Å². The van der Waals surface area contributed by atoms with Gasteiger partial charge in [-0.05, 0) is 29.7 Å². The molecule has 3 N–H and O–H groups in total. The third-order valence-electron chi connectivity index (χ3n) is 4.68. The molecule has 0 aliphatic carbocycles. The second-order valence-electron chi connectivity index (χ2n) is 7.73. The van der Waals surface area contributed by atoms with Gasteiger partial charge in [-0.25, -0.2) is 4.39 Å². The van der Waals surface area contributed by atoms with Crippen LogP contribution in [0.5, 0.6) is 0 Å². The zero-order chi connectivity index (χ0) is 19.3. The average Bonchev–Trinajstić information content (AvgIpc) is 2.61. The van der Waals surface area contributed by atoms with Gasteiger partial charge in [0.25, 0.3) is 0 Å². The maximum Gasteiger partial charge on any atom is 0.237 e. The second kappa shape index (κ2) is 8.49. The van der Waals surface area contributed by atoms with Crippen molar-refractivity contribution in [3.8, 4) is 0 Å². The van der Waals surface area contributed by atoms with Crippen molar-refractivity contribution in [1.82, 2.24) is 10.2 Å². The molecule has 0 bridgehead atoms. The third-order valence-corrected chi connectivity index (χ3v) is 4.68. The Labute approximate surface area is 154 Å². The van der Waals surface area contributed by atoms with Crippen molar-refractivity contribution in [2.45, 2.75) is 33.2 Å². The Hall–Kier alpha value is -2.15. The number of nitrogens with one attached hydrogen (secondary N) is 1. The molecule has 1 saturated heterocycles. The number of carbonyl (C=O) groups excluding carboxylic acids is 2. The molecule has 1 aliphatic heterocycles. The van der Waals surface area contributed by atoms with Crippen LogP contribution in [-0.4, -0.2) is 55.5 Å². The first-order chi connectivity index (χ1) is 12.2. The first-order valence-electron chi connectivity index (χ1n) is 9.00. The molecular formula is C19H29FN4O2. The average molecular weight is 364 g/mol. The predicted molar refractivity (Wildman–Crippen MR) is 100 cm³/mol. The van der Waals surface area contributed by atoms with Gasteiger partial charge in [0.1, 0.15) is 5.82 Å². The maximum absolute atomic E-state index is 13.0. The van der Waals surface area contributed by atoms with Crippen LogP contribution in [-0.2, 0) is 9.59 Å². The van der Waals surface area contributed by atoms with E-state index in [9.17, 15) is 14.0 Å². The highest BCUT2D eigenvalue weighted by molar-refractivity contribution is 5.83. The Morgan fingerprint density at radius 3 is 2.27 bits per heavy atom. The molecule has 1 heterocycles. The van der Waals surface area contributed by atoms with Crippen LogP contribution in [0.15, 0.2) is 24.3 Å². The monoisotopic (exact) mass is 364 g/mol. The van der Waals surface area contributed by atoms with E-state index >= 15 is 0 Å². The lowest BCUT2D eigenvalue weighted by atomic mass is 9.87. The summed E-state index contributed by atoms with van der Waals surface area (Å²) in [5.74, 6) is -0.462. The summed E-state index contributed by atoms with van der Waals surface area (Å²) >= 11 is 0. The molecule has 26 heavy (non-hydrogen) atoms. The Morgan fingerprint density at radius 1 is 1.15 bits per heavy atom. The molecule has 1 aliphatic rings. The molecule has 0 radical (unpaired) electrons. The number of rotatable bonds is 5. The number of piperazine rings is 1. The number of hydrogen-bond donors (Lipinski definition) is 2. The van der Waals surface area contributed by atoms with E-state index in [1.54, 1.807) is 17.0 Å². The van der Waals surface area contributed by atoms with E-state index in [-0.39, 0.29) is 29.5 Å². The lowest BCUT2D eigenvalue weighted by Crippen LogP contribution is -2.51. The number of benzene rings is 1. The fourth-order valence-corrected chi connectivity index (χ4v) is 2.82. The van der Waals surface area contributed by atoms with Gasteiger partial charge in [0.2, 0.25) is 11.8 Å². The molecule has 6 nitrogen and oxygen atoms in total. The molecule has 1 aromatic rings. The first kappa shape index (κ1) is 20.2. The van der Waals surface area contributed by atoms with E-state index in [2.05, 4.69) is 10.2 Å². The number of hydrogen-bond acceptors (Lipinski definition) is 4. The van der Waals surface area contributed by atoms with Crippen LogP contribution in [0.1, 0.15) is 27.2 Å². The summed E-state index contributed by atoms with van der Waals surface area (Å²) in [5.41, 5.74) is 6.54. The van der Waals surface area contributed by atoms with Crippen molar-refractivity contribution >= 4 is 17.5 Å². The van der Waals surface area contributed by atoms with Gasteiger partial charge in [-0.1, -0.05) is 20.8 Å². The first-order valence-corrected chi connectivity index (χ1v) is 9.00. The standard InChI is InChI=1S/C19H29FN4O2/c1-19(2,3)17(21)18(26)22-9-8-16(25)24-12-10-23(11-13-24)15-6-4-14(20)5-7-15/h4-7,17H,8-13,21H2,1-3H3,(H,22,26)/t17-/m1/s1. The minimum Gasteiger partial charge on any atom is -0.368 e. The van der Waals surface area contributed by atoms with Crippen LogP contribution in [0.25, 0.3) is 0 Å². The molecule has 7 heteroatoms. The number of nitrogens with two attached hydrogens (primary N) is 1. The molecule has 0 aromatic heterocycles. The highest BCUT2D eigenvalue weighted by Crippen LogP contribution is 2.18. The smallest absolute Gasteiger partial charge is 0.237 e. The molecule has 1 fully saturated rings. The molecule has 0 spiro atoms. The van der Waals surface area contributed by atoms with Gasteiger partial charge in [-0.15, -0.1) is 0 Å². The lowest BCUT2D eigenvalue weighted by Gasteiger charge is -2.36. The SMILES string of the molecule is CC(C)(C)[C@H](N)C(=O)NCCC(=O)N1CCN(c2ccc(F)cc2)CC1. The summed E-state index contributed by atoms with van der Waals surface area (Å²) in [7, 11) is 0. The highest BCUT2D eigenvalue weighted by atomic mass is 19.1. The number of anilines is 1. The molecule has 0 saturated carbocycles. The fraction of sp³-hybridized carbons (Fsp3) is 0.579. The van der Waals surface area contributed by atoms with Gasteiger partial charge < -0.3 is 20.9 Å². The number of nitrogens with zero attached hydrogens (tertiary/aromatic N) is 2. The molecule has 0 unspecified atom stereocenters. The van der Waals surface area contributed by atoms with Crippen LogP contribution < -0.4 is 16.0 Å². The molecule has 1 aromatic carbocycles. The number of carbonyl (C=O) groups is 2. The van der Waals surface area contributed by atoms with Crippen molar-refractivity contribution in [1.29, 1.82) is 0 Å². The van der Waals surface area contributed by atoms with Crippen molar-refractivity contribution < 1.29 is 14.0 Å². The van der Waals surface area contributed by atoms with Gasteiger partial charge >= 0.3 is 0 Å². The molecule has 2 rings (SSSR count). The minimum atomic E-state index is -0.600. The largest absolute Gasteiger partial charge is 0.368 e. The fourth-order valence-electron chi connectivity index (χ4n) is 2.82.